The molecule has 0 saturated carbocycles. The van der Waals surface area contributed by atoms with E-state index in [2.05, 4.69) is 30.8 Å². The fraction of sp³-hybridized carbons (Fsp3) is 0.278. The van der Waals surface area contributed by atoms with Gasteiger partial charge in [-0.3, -0.25) is 10.1 Å². The highest BCUT2D eigenvalue weighted by atomic mass is 127. The molecular formula is C18H22FIN6O. The van der Waals surface area contributed by atoms with E-state index in [1.165, 1.54) is 6.07 Å². The fourth-order valence-corrected chi connectivity index (χ4v) is 2.42. The van der Waals surface area contributed by atoms with Crippen LogP contribution in [0.2, 0.25) is 0 Å². The number of rotatable bonds is 5. The zero-order valence-electron chi connectivity index (χ0n) is 15.3. The number of aliphatic imine (C=N–C) groups is 1. The molecule has 3 aromatic rings. The number of halogens is 2. The van der Waals surface area contributed by atoms with Gasteiger partial charge in [0.05, 0.1) is 18.8 Å². The molecule has 0 radical (unpaired) electrons. The van der Waals surface area contributed by atoms with E-state index in [-0.39, 0.29) is 35.8 Å². The van der Waals surface area contributed by atoms with Crippen LogP contribution in [0, 0.1) is 12.7 Å². The summed E-state index contributed by atoms with van der Waals surface area (Å²) in [4.78, 5) is 8.55. The van der Waals surface area contributed by atoms with E-state index >= 15 is 0 Å². The molecule has 2 heterocycles. The lowest BCUT2D eigenvalue weighted by Gasteiger charge is -2.18. The van der Waals surface area contributed by atoms with Crippen molar-refractivity contribution in [3.05, 3.63) is 59.4 Å². The van der Waals surface area contributed by atoms with Crippen LogP contribution >= 0.6 is 24.0 Å². The van der Waals surface area contributed by atoms with Crippen LogP contribution in [-0.2, 0) is 6.54 Å². The molecule has 0 aliphatic rings. The number of nitrogens with zero attached hydrogens (tertiary/aromatic N) is 3. The molecule has 0 spiro atoms. The average Bonchev–Trinajstić information content (AvgIpc) is 3.32. The second-order valence-corrected chi connectivity index (χ2v) is 5.88. The Balaban J connectivity index is 0.00000261. The monoisotopic (exact) mass is 484 g/mol. The summed E-state index contributed by atoms with van der Waals surface area (Å²) in [5.74, 6) is 2.11. The minimum atomic E-state index is -0.216. The van der Waals surface area contributed by atoms with Gasteiger partial charge < -0.3 is 15.1 Å². The van der Waals surface area contributed by atoms with E-state index < -0.39 is 0 Å². The Hall–Kier alpha value is -2.43. The molecule has 0 amide bonds. The van der Waals surface area contributed by atoms with Crippen LogP contribution in [0.25, 0.3) is 11.6 Å². The summed E-state index contributed by atoms with van der Waals surface area (Å²) in [7, 11) is 1.67. The average molecular weight is 484 g/mol. The number of hydrogen-bond acceptors (Lipinski definition) is 4. The summed E-state index contributed by atoms with van der Waals surface area (Å²) in [6.07, 6.45) is 1.57. The molecule has 1 atom stereocenters. The van der Waals surface area contributed by atoms with Crippen molar-refractivity contribution in [3.8, 4) is 11.6 Å². The van der Waals surface area contributed by atoms with Gasteiger partial charge in [-0.05, 0) is 43.2 Å². The molecule has 9 heteroatoms. The van der Waals surface area contributed by atoms with E-state index in [0.29, 0.717) is 35.5 Å². The summed E-state index contributed by atoms with van der Waals surface area (Å²) >= 11 is 0. The maximum Gasteiger partial charge on any atom is 0.216 e. The van der Waals surface area contributed by atoms with Crippen molar-refractivity contribution in [3.63, 3.8) is 0 Å². The number of guanidine groups is 1. The van der Waals surface area contributed by atoms with Crippen molar-refractivity contribution in [2.24, 2.45) is 4.99 Å². The molecule has 144 valence electrons. The van der Waals surface area contributed by atoms with Crippen molar-refractivity contribution < 1.29 is 8.81 Å². The first kappa shape index (κ1) is 20.9. The topological polar surface area (TPSA) is 91.1 Å². The van der Waals surface area contributed by atoms with Crippen molar-refractivity contribution >= 4 is 29.9 Å². The number of nitrogens with one attached hydrogen (secondary N) is 3. The van der Waals surface area contributed by atoms with Gasteiger partial charge >= 0.3 is 0 Å². The van der Waals surface area contributed by atoms with Gasteiger partial charge in [0.2, 0.25) is 5.82 Å². The van der Waals surface area contributed by atoms with Crippen LogP contribution in [0.1, 0.15) is 29.9 Å². The first-order chi connectivity index (χ1) is 12.6. The predicted molar refractivity (Wildman–Crippen MR) is 112 cm³/mol. The number of aromatic nitrogens is 3. The Bertz CT molecular complexity index is 893. The van der Waals surface area contributed by atoms with Gasteiger partial charge in [-0.15, -0.1) is 29.1 Å². The van der Waals surface area contributed by atoms with Gasteiger partial charge in [0.15, 0.2) is 11.7 Å². The lowest BCUT2D eigenvalue weighted by molar-refractivity contribution is 0.577. The third-order valence-electron chi connectivity index (χ3n) is 3.97. The van der Waals surface area contributed by atoms with Crippen molar-refractivity contribution in [2.45, 2.75) is 26.4 Å². The van der Waals surface area contributed by atoms with Crippen molar-refractivity contribution in [1.82, 2.24) is 25.8 Å². The van der Waals surface area contributed by atoms with Gasteiger partial charge in [-0.1, -0.05) is 12.1 Å². The molecule has 0 aliphatic heterocycles. The molecule has 1 aromatic carbocycles. The predicted octanol–water partition coefficient (Wildman–Crippen LogP) is 3.56. The minimum Gasteiger partial charge on any atom is -0.461 e. The summed E-state index contributed by atoms with van der Waals surface area (Å²) < 4.78 is 19.0. The van der Waals surface area contributed by atoms with Gasteiger partial charge in [0.1, 0.15) is 11.6 Å². The molecule has 0 fully saturated rings. The largest absolute Gasteiger partial charge is 0.461 e. The highest BCUT2D eigenvalue weighted by molar-refractivity contribution is 14.0. The maximum atomic E-state index is 13.7. The van der Waals surface area contributed by atoms with Crippen LogP contribution in [0.3, 0.4) is 0 Å². The third kappa shape index (κ3) is 5.28. The Morgan fingerprint density at radius 3 is 2.85 bits per heavy atom. The quantitative estimate of drug-likeness (QED) is 0.293. The van der Waals surface area contributed by atoms with Crippen molar-refractivity contribution in [2.75, 3.05) is 7.05 Å². The Morgan fingerprint density at radius 1 is 1.37 bits per heavy atom. The second-order valence-electron chi connectivity index (χ2n) is 5.88. The molecule has 3 N–H and O–H groups in total. The molecule has 0 saturated heterocycles. The van der Waals surface area contributed by atoms with Crippen LogP contribution in [-0.4, -0.2) is 28.2 Å². The highest BCUT2D eigenvalue weighted by Crippen LogP contribution is 2.16. The molecule has 3 rings (SSSR count). The van der Waals surface area contributed by atoms with Crippen molar-refractivity contribution in [1.29, 1.82) is 0 Å². The second kappa shape index (κ2) is 9.49. The smallest absolute Gasteiger partial charge is 0.216 e. The molecule has 0 aliphatic carbocycles. The van der Waals surface area contributed by atoms with E-state index in [4.69, 9.17) is 4.42 Å². The number of aryl methyl sites for hydroxylation is 1. The van der Waals surface area contributed by atoms with Gasteiger partial charge in [-0.2, -0.15) is 0 Å². The number of hydrogen-bond donors (Lipinski definition) is 3. The molecule has 0 bridgehead atoms. The summed E-state index contributed by atoms with van der Waals surface area (Å²) in [5.41, 5.74) is 1.47. The van der Waals surface area contributed by atoms with E-state index in [9.17, 15) is 4.39 Å². The van der Waals surface area contributed by atoms with Crippen LogP contribution < -0.4 is 10.6 Å². The fourth-order valence-electron chi connectivity index (χ4n) is 2.42. The molecule has 27 heavy (non-hydrogen) atoms. The van der Waals surface area contributed by atoms with Gasteiger partial charge in [0.25, 0.3) is 0 Å². The molecule has 1 unspecified atom stereocenters. The van der Waals surface area contributed by atoms with E-state index in [1.54, 1.807) is 38.4 Å². The number of H-pyrrole nitrogens is 1. The standard InChI is InChI=1S/C18H21FN6O.HI/c1-11-6-7-13(9-14(11)19)12(2)22-18(20-3)21-10-16-23-17(25-24-16)15-5-4-8-26-15;/h4-9,12H,10H2,1-3H3,(H2,20,21,22)(H,23,24,25);1H. The molecule has 2 aromatic heterocycles. The third-order valence-corrected chi connectivity index (χ3v) is 3.97. The normalized spacial score (nSPS) is 12.4. The lowest BCUT2D eigenvalue weighted by atomic mass is 10.1. The van der Waals surface area contributed by atoms with E-state index in [1.807, 2.05) is 13.0 Å². The molecular weight excluding hydrogens is 462 g/mol. The maximum absolute atomic E-state index is 13.7. The Kier molecular flexibility index (Phi) is 7.34. The minimum absolute atomic E-state index is 0. The van der Waals surface area contributed by atoms with Crippen LogP contribution in [0.4, 0.5) is 4.39 Å². The van der Waals surface area contributed by atoms with Crippen LogP contribution in [0.5, 0.6) is 0 Å². The Morgan fingerprint density at radius 2 is 2.19 bits per heavy atom. The van der Waals surface area contributed by atoms with Gasteiger partial charge in [-0.25, -0.2) is 9.37 Å². The number of aromatic amines is 1. The SMILES string of the molecule is CN=C(NCc1nc(-c2ccco2)n[nH]1)NC(C)c1ccc(C)c(F)c1.I. The summed E-state index contributed by atoms with van der Waals surface area (Å²) in [6.45, 7) is 4.09. The molecule has 7 nitrogen and oxygen atoms in total. The highest BCUT2D eigenvalue weighted by Gasteiger charge is 2.11. The zero-order valence-corrected chi connectivity index (χ0v) is 17.6. The first-order valence-electron chi connectivity index (χ1n) is 8.25. The first-order valence-corrected chi connectivity index (χ1v) is 8.25. The van der Waals surface area contributed by atoms with Crippen LogP contribution in [0.15, 0.2) is 46.0 Å². The summed E-state index contributed by atoms with van der Waals surface area (Å²) in [5, 5.41) is 13.4. The number of furan rings is 1. The number of benzene rings is 1. The lowest BCUT2D eigenvalue weighted by Crippen LogP contribution is -2.38. The Labute approximate surface area is 173 Å². The zero-order chi connectivity index (χ0) is 18.5. The van der Waals surface area contributed by atoms with E-state index in [0.717, 1.165) is 5.56 Å². The van der Waals surface area contributed by atoms with Gasteiger partial charge in [0, 0.05) is 7.05 Å². The summed E-state index contributed by atoms with van der Waals surface area (Å²) in [6, 6.07) is 8.67.